The molecule has 2 aromatic rings. The Balaban J connectivity index is 1.94. The van der Waals surface area contributed by atoms with E-state index in [9.17, 15) is 8.42 Å². The van der Waals surface area contributed by atoms with Gasteiger partial charge in [0.05, 0.1) is 15.2 Å². The Labute approximate surface area is 155 Å². The molecule has 0 saturated carbocycles. The number of halogens is 1. The third-order valence-electron chi connectivity index (χ3n) is 3.38. The van der Waals surface area contributed by atoms with Crippen LogP contribution in [0, 0.1) is 6.92 Å². The second kappa shape index (κ2) is 8.13. The highest BCUT2D eigenvalue weighted by molar-refractivity contribution is 9.11. The van der Waals surface area contributed by atoms with Crippen LogP contribution in [-0.2, 0) is 22.9 Å². The van der Waals surface area contributed by atoms with Crippen molar-refractivity contribution in [1.29, 1.82) is 0 Å². The number of aliphatic imine (C=N–C) groups is 1. The number of benzene rings is 1. The Kier molecular flexibility index (Phi) is 6.42. The van der Waals surface area contributed by atoms with Gasteiger partial charge in [0.15, 0.2) is 15.8 Å². The highest BCUT2D eigenvalue weighted by atomic mass is 79.9. The molecule has 0 fully saturated rings. The number of thiophene rings is 1. The van der Waals surface area contributed by atoms with Crippen molar-refractivity contribution in [1.82, 2.24) is 10.6 Å². The van der Waals surface area contributed by atoms with Crippen molar-refractivity contribution in [3.05, 3.63) is 50.1 Å². The van der Waals surface area contributed by atoms with Gasteiger partial charge in [-0.1, -0.05) is 12.1 Å². The maximum absolute atomic E-state index is 11.7. The van der Waals surface area contributed by atoms with Gasteiger partial charge >= 0.3 is 0 Å². The Morgan fingerprint density at radius 1 is 1.21 bits per heavy atom. The summed E-state index contributed by atoms with van der Waals surface area (Å²) in [5, 5.41) is 6.48. The predicted octanol–water partition coefficient (Wildman–Crippen LogP) is 3.09. The van der Waals surface area contributed by atoms with Crippen LogP contribution in [0.1, 0.15) is 16.0 Å². The van der Waals surface area contributed by atoms with Crippen LogP contribution >= 0.6 is 27.3 Å². The Hall–Kier alpha value is -1.38. The summed E-state index contributed by atoms with van der Waals surface area (Å²) in [6.45, 7) is 3.07. The average molecular weight is 430 g/mol. The van der Waals surface area contributed by atoms with Crippen molar-refractivity contribution < 1.29 is 8.42 Å². The molecular formula is C16H20BrN3O2S2. The van der Waals surface area contributed by atoms with Crippen molar-refractivity contribution in [2.45, 2.75) is 24.9 Å². The summed E-state index contributed by atoms with van der Waals surface area (Å²) in [4.78, 5) is 5.77. The van der Waals surface area contributed by atoms with E-state index in [1.165, 1.54) is 11.1 Å². The minimum atomic E-state index is -3.18. The second-order valence-corrected chi connectivity index (χ2v) is 9.89. The number of nitrogens with one attached hydrogen (secondary N) is 2. The maximum Gasteiger partial charge on any atom is 0.191 e. The summed E-state index contributed by atoms with van der Waals surface area (Å²) in [6.07, 6.45) is 1.22. The third-order valence-corrected chi connectivity index (χ3v) is 6.26. The number of aryl methyl sites for hydroxylation is 1. The van der Waals surface area contributed by atoms with E-state index in [1.54, 1.807) is 24.5 Å². The third kappa shape index (κ3) is 5.32. The Morgan fingerprint density at radius 2 is 1.92 bits per heavy atom. The summed E-state index contributed by atoms with van der Waals surface area (Å²) in [5.41, 5.74) is 1.75. The van der Waals surface area contributed by atoms with Crippen LogP contribution in [-0.4, -0.2) is 27.7 Å². The van der Waals surface area contributed by atoms with Crippen molar-refractivity contribution >= 4 is 43.1 Å². The van der Waals surface area contributed by atoms with E-state index in [0.29, 0.717) is 23.9 Å². The lowest BCUT2D eigenvalue weighted by Crippen LogP contribution is -2.36. The molecule has 5 nitrogen and oxygen atoms in total. The van der Waals surface area contributed by atoms with Gasteiger partial charge < -0.3 is 10.6 Å². The molecule has 1 aromatic heterocycles. The first-order chi connectivity index (χ1) is 11.3. The second-order valence-electron chi connectivity index (χ2n) is 5.36. The molecule has 0 aliphatic rings. The SMILES string of the molecule is CN=C(NCc1ccc(S(C)(=O)=O)c(C)c1)NCc1ccc(Br)s1. The van der Waals surface area contributed by atoms with E-state index in [4.69, 9.17) is 0 Å². The smallest absolute Gasteiger partial charge is 0.191 e. The molecule has 0 spiro atoms. The molecule has 130 valence electrons. The van der Waals surface area contributed by atoms with Crippen molar-refractivity contribution in [3.8, 4) is 0 Å². The highest BCUT2D eigenvalue weighted by Gasteiger charge is 2.11. The van der Waals surface area contributed by atoms with E-state index in [0.717, 1.165) is 14.9 Å². The van der Waals surface area contributed by atoms with Crippen LogP contribution in [0.2, 0.25) is 0 Å². The van der Waals surface area contributed by atoms with Gasteiger partial charge in [0.1, 0.15) is 0 Å². The minimum Gasteiger partial charge on any atom is -0.352 e. The topological polar surface area (TPSA) is 70.6 Å². The number of guanidine groups is 1. The number of nitrogens with zero attached hydrogens (tertiary/aromatic N) is 1. The van der Waals surface area contributed by atoms with Crippen LogP contribution in [0.4, 0.5) is 0 Å². The number of hydrogen-bond acceptors (Lipinski definition) is 4. The lowest BCUT2D eigenvalue weighted by Gasteiger charge is -2.12. The zero-order valence-electron chi connectivity index (χ0n) is 13.8. The van der Waals surface area contributed by atoms with Gasteiger partial charge in [0.25, 0.3) is 0 Å². The summed E-state index contributed by atoms with van der Waals surface area (Å²) < 4.78 is 24.4. The lowest BCUT2D eigenvalue weighted by molar-refractivity contribution is 0.601. The molecule has 2 N–H and O–H groups in total. The summed E-state index contributed by atoms with van der Waals surface area (Å²) >= 11 is 5.12. The number of hydrogen-bond donors (Lipinski definition) is 2. The molecule has 0 amide bonds. The van der Waals surface area contributed by atoms with Crippen LogP contribution in [0.5, 0.6) is 0 Å². The van der Waals surface area contributed by atoms with E-state index >= 15 is 0 Å². The standard InChI is InChI=1S/C16H20BrN3O2S2/c1-11-8-12(4-6-14(11)24(3,21)22)9-19-16(18-2)20-10-13-5-7-15(17)23-13/h4-8H,9-10H2,1-3H3,(H2,18,19,20). The first-order valence-corrected chi connectivity index (χ1v) is 10.8. The van der Waals surface area contributed by atoms with E-state index < -0.39 is 9.84 Å². The highest BCUT2D eigenvalue weighted by Crippen LogP contribution is 2.21. The molecule has 1 heterocycles. The first-order valence-electron chi connectivity index (χ1n) is 7.28. The Morgan fingerprint density at radius 3 is 2.46 bits per heavy atom. The maximum atomic E-state index is 11.7. The number of sulfone groups is 1. The van der Waals surface area contributed by atoms with Crippen LogP contribution in [0.3, 0.4) is 0 Å². The van der Waals surface area contributed by atoms with Crippen molar-refractivity contribution in [2.75, 3.05) is 13.3 Å². The summed E-state index contributed by atoms with van der Waals surface area (Å²) in [7, 11) is -1.46. The molecular weight excluding hydrogens is 410 g/mol. The quantitative estimate of drug-likeness (QED) is 0.565. The van der Waals surface area contributed by atoms with E-state index in [2.05, 4.69) is 37.6 Å². The molecule has 0 atom stereocenters. The molecule has 0 unspecified atom stereocenters. The molecule has 1 aromatic carbocycles. The van der Waals surface area contributed by atoms with Gasteiger partial charge in [-0.15, -0.1) is 11.3 Å². The fourth-order valence-corrected chi connectivity index (χ4v) is 4.64. The average Bonchev–Trinajstić information content (AvgIpc) is 2.92. The van der Waals surface area contributed by atoms with Crippen LogP contribution in [0.25, 0.3) is 0 Å². The molecule has 0 saturated heterocycles. The van der Waals surface area contributed by atoms with Crippen LogP contribution < -0.4 is 10.6 Å². The molecule has 2 rings (SSSR count). The largest absolute Gasteiger partial charge is 0.352 e. The lowest BCUT2D eigenvalue weighted by atomic mass is 10.1. The number of rotatable bonds is 5. The fraction of sp³-hybridized carbons (Fsp3) is 0.312. The van der Waals surface area contributed by atoms with E-state index in [1.807, 2.05) is 25.1 Å². The molecule has 8 heteroatoms. The summed E-state index contributed by atoms with van der Waals surface area (Å²) in [6, 6.07) is 9.43. The normalized spacial score (nSPS) is 12.2. The fourth-order valence-electron chi connectivity index (χ4n) is 2.26. The Bertz CT molecular complexity index is 845. The van der Waals surface area contributed by atoms with Crippen molar-refractivity contribution in [2.24, 2.45) is 4.99 Å². The predicted molar refractivity (Wildman–Crippen MR) is 103 cm³/mol. The molecule has 0 aliphatic heterocycles. The van der Waals surface area contributed by atoms with Gasteiger partial charge in [-0.25, -0.2) is 8.42 Å². The van der Waals surface area contributed by atoms with Crippen molar-refractivity contribution in [3.63, 3.8) is 0 Å². The zero-order chi connectivity index (χ0) is 17.7. The van der Waals surface area contributed by atoms with Gasteiger partial charge in [0.2, 0.25) is 0 Å². The monoisotopic (exact) mass is 429 g/mol. The first kappa shape index (κ1) is 19.0. The molecule has 0 bridgehead atoms. The van der Waals surface area contributed by atoms with Gasteiger partial charge in [-0.3, -0.25) is 4.99 Å². The molecule has 24 heavy (non-hydrogen) atoms. The molecule has 0 aliphatic carbocycles. The van der Waals surface area contributed by atoms with Gasteiger partial charge in [-0.2, -0.15) is 0 Å². The van der Waals surface area contributed by atoms with Crippen LogP contribution in [0.15, 0.2) is 44.0 Å². The molecule has 0 radical (unpaired) electrons. The zero-order valence-corrected chi connectivity index (χ0v) is 17.0. The minimum absolute atomic E-state index is 0.372. The van der Waals surface area contributed by atoms with E-state index in [-0.39, 0.29) is 0 Å². The summed E-state index contributed by atoms with van der Waals surface area (Å²) in [5.74, 6) is 0.698. The van der Waals surface area contributed by atoms with Gasteiger partial charge in [-0.05, 0) is 52.2 Å². The van der Waals surface area contributed by atoms with Gasteiger partial charge in [0, 0.05) is 24.7 Å².